The molecule has 0 aliphatic carbocycles. The fraction of sp³-hybridized carbons (Fsp3) is 0. The van der Waals surface area contributed by atoms with Crippen LogP contribution < -0.4 is 0 Å². The molecule has 0 aromatic carbocycles. The van der Waals surface area contributed by atoms with Crippen LogP contribution in [0.15, 0.2) is 30.3 Å². The molecule has 0 saturated carbocycles. The maximum atomic E-state index is 11.2. The Morgan fingerprint density at radius 3 is 2.74 bits per heavy atom. The quantitative estimate of drug-likeness (QED) is 0.761. The Balaban J connectivity index is 2.39. The SMILES string of the molecule is O=C(O)c1nc(-c2ccc(Cl)s2)n2c(O)cccc12. The Hall–Kier alpha value is -2.05. The van der Waals surface area contributed by atoms with Crippen LogP contribution in [-0.4, -0.2) is 25.6 Å². The van der Waals surface area contributed by atoms with E-state index in [0.29, 0.717) is 20.6 Å². The Labute approximate surface area is 116 Å². The number of halogens is 1. The topological polar surface area (TPSA) is 74.8 Å². The predicted octanol–water partition coefficient (Wildman–Crippen LogP) is 3.12. The van der Waals surface area contributed by atoms with Crippen molar-refractivity contribution in [3.8, 4) is 16.6 Å². The number of carbonyl (C=O) groups is 1. The average molecular weight is 295 g/mol. The third-order valence-corrected chi connectivity index (χ3v) is 3.86. The molecule has 0 unspecified atom stereocenters. The molecule has 0 saturated heterocycles. The first-order valence-electron chi connectivity index (χ1n) is 5.27. The maximum Gasteiger partial charge on any atom is 0.356 e. The Morgan fingerprint density at radius 2 is 2.11 bits per heavy atom. The summed E-state index contributed by atoms with van der Waals surface area (Å²) < 4.78 is 1.96. The van der Waals surface area contributed by atoms with Crippen LogP contribution in [0.2, 0.25) is 4.34 Å². The molecule has 3 heterocycles. The van der Waals surface area contributed by atoms with Gasteiger partial charge in [-0.3, -0.25) is 4.40 Å². The molecule has 2 N–H and O–H groups in total. The summed E-state index contributed by atoms with van der Waals surface area (Å²) in [5.41, 5.74) is 0.238. The molecule has 0 aliphatic rings. The van der Waals surface area contributed by atoms with E-state index in [1.165, 1.54) is 21.8 Å². The van der Waals surface area contributed by atoms with Gasteiger partial charge in [-0.15, -0.1) is 11.3 Å². The van der Waals surface area contributed by atoms with Gasteiger partial charge in [0.2, 0.25) is 0 Å². The van der Waals surface area contributed by atoms with Crippen molar-refractivity contribution >= 4 is 34.4 Å². The Kier molecular flexibility index (Phi) is 2.69. The highest BCUT2D eigenvalue weighted by Crippen LogP contribution is 2.33. The van der Waals surface area contributed by atoms with Crippen LogP contribution in [-0.2, 0) is 0 Å². The van der Waals surface area contributed by atoms with E-state index in [9.17, 15) is 9.90 Å². The van der Waals surface area contributed by atoms with E-state index >= 15 is 0 Å². The van der Waals surface area contributed by atoms with Crippen LogP contribution in [0.1, 0.15) is 10.5 Å². The van der Waals surface area contributed by atoms with Crippen molar-refractivity contribution in [2.24, 2.45) is 0 Å². The second-order valence-corrected chi connectivity index (χ2v) is 5.51. The smallest absolute Gasteiger partial charge is 0.356 e. The molecule has 0 bridgehead atoms. The lowest BCUT2D eigenvalue weighted by molar-refractivity contribution is 0.0693. The van der Waals surface area contributed by atoms with Gasteiger partial charge in [-0.25, -0.2) is 9.78 Å². The lowest BCUT2D eigenvalue weighted by Gasteiger charge is -2.01. The van der Waals surface area contributed by atoms with Crippen molar-refractivity contribution in [3.05, 3.63) is 40.4 Å². The second-order valence-electron chi connectivity index (χ2n) is 3.80. The molecule has 3 aromatic rings. The molecular formula is C12H7ClN2O3S. The van der Waals surface area contributed by atoms with Crippen LogP contribution in [0, 0.1) is 0 Å². The molecule has 5 nitrogen and oxygen atoms in total. The van der Waals surface area contributed by atoms with E-state index in [1.807, 2.05) is 0 Å². The van der Waals surface area contributed by atoms with E-state index in [1.54, 1.807) is 24.3 Å². The van der Waals surface area contributed by atoms with Crippen molar-refractivity contribution in [2.45, 2.75) is 0 Å². The number of pyridine rings is 1. The zero-order chi connectivity index (χ0) is 13.6. The van der Waals surface area contributed by atoms with Crippen molar-refractivity contribution in [3.63, 3.8) is 0 Å². The summed E-state index contributed by atoms with van der Waals surface area (Å²) in [4.78, 5) is 16.0. The van der Waals surface area contributed by atoms with Crippen molar-refractivity contribution in [2.75, 3.05) is 0 Å². The van der Waals surface area contributed by atoms with Crippen LogP contribution in [0.25, 0.3) is 16.2 Å². The zero-order valence-electron chi connectivity index (χ0n) is 9.37. The lowest BCUT2D eigenvalue weighted by Crippen LogP contribution is -1.97. The van der Waals surface area contributed by atoms with E-state index in [0.717, 1.165) is 0 Å². The number of fused-ring (bicyclic) bond motifs is 1. The first-order chi connectivity index (χ1) is 9.08. The van der Waals surface area contributed by atoms with Gasteiger partial charge in [-0.2, -0.15) is 0 Å². The van der Waals surface area contributed by atoms with Crippen LogP contribution in [0.5, 0.6) is 5.88 Å². The van der Waals surface area contributed by atoms with Crippen molar-refractivity contribution < 1.29 is 15.0 Å². The lowest BCUT2D eigenvalue weighted by atomic mass is 10.3. The first-order valence-corrected chi connectivity index (χ1v) is 6.47. The predicted molar refractivity (Wildman–Crippen MR) is 72.1 cm³/mol. The van der Waals surface area contributed by atoms with E-state index < -0.39 is 5.97 Å². The molecule has 0 amide bonds. The number of carboxylic acids is 1. The number of aromatic nitrogens is 2. The van der Waals surface area contributed by atoms with Crippen molar-refractivity contribution in [1.82, 2.24) is 9.38 Å². The van der Waals surface area contributed by atoms with Crippen LogP contribution >= 0.6 is 22.9 Å². The molecule has 96 valence electrons. The molecule has 19 heavy (non-hydrogen) atoms. The molecular weight excluding hydrogens is 288 g/mol. The Bertz CT molecular complexity index is 793. The van der Waals surface area contributed by atoms with Crippen LogP contribution in [0.4, 0.5) is 0 Å². The minimum absolute atomic E-state index is 0.0722. The fourth-order valence-electron chi connectivity index (χ4n) is 1.88. The molecule has 0 fully saturated rings. The largest absolute Gasteiger partial charge is 0.494 e. The van der Waals surface area contributed by atoms with E-state index in [2.05, 4.69) is 4.98 Å². The number of hydrogen-bond donors (Lipinski definition) is 2. The summed E-state index contributed by atoms with van der Waals surface area (Å²) in [6.07, 6.45) is 0. The Morgan fingerprint density at radius 1 is 1.32 bits per heavy atom. The van der Waals surface area contributed by atoms with Crippen LogP contribution in [0.3, 0.4) is 0 Å². The number of hydrogen-bond acceptors (Lipinski definition) is 4. The number of aromatic hydroxyl groups is 1. The number of carboxylic acid groups (broad SMARTS) is 1. The molecule has 0 spiro atoms. The molecule has 0 radical (unpaired) electrons. The summed E-state index contributed by atoms with van der Waals surface area (Å²) >= 11 is 7.14. The van der Waals surface area contributed by atoms with Gasteiger partial charge >= 0.3 is 5.97 Å². The standard InChI is InChI=1S/C12H7ClN2O3S/c13-8-5-4-7(19-8)11-14-10(12(17)18)6-2-1-3-9(16)15(6)11/h1-5,16H,(H,17,18). The monoisotopic (exact) mass is 294 g/mol. The van der Waals surface area contributed by atoms with E-state index in [-0.39, 0.29) is 11.6 Å². The highest BCUT2D eigenvalue weighted by atomic mass is 35.5. The maximum absolute atomic E-state index is 11.2. The van der Waals surface area contributed by atoms with Gasteiger partial charge in [0.05, 0.1) is 14.7 Å². The summed E-state index contributed by atoms with van der Waals surface area (Å²) in [5.74, 6) is -0.851. The van der Waals surface area contributed by atoms with E-state index in [4.69, 9.17) is 16.7 Å². The summed E-state index contributed by atoms with van der Waals surface area (Å²) in [5, 5.41) is 19.1. The molecule has 0 atom stereocenters. The highest BCUT2D eigenvalue weighted by molar-refractivity contribution is 7.19. The number of aromatic carboxylic acids is 1. The number of imidazole rings is 1. The third kappa shape index (κ3) is 1.85. The van der Waals surface area contributed by atoms with Gasteiger partial charge in [0, 0.05) is 0 Å². The summed E-state index contributed by atoms with van der Waals surface area (Å²) in [6.45, 7) is 0. The fourth-order valence-corrected chi connectivity index (χ4v) is 2.90. The first kappa shape index (κ1) is 12.0. The molecule has 3 aromatic heterocycles. The van der Waals surface area contributed by atoms with Gasteiger partial charge in [0.25, 0.3) is 0 Å². The molecule has 7 heteroatoms. The van der Waals surface area contributed by atoms with Gasteiger partial charge in [-0.1, -0.05) is 17.7 Å². The highest BCUT2D eigenvalue weighted by Gasteiger charge is 2.20. The van der Waals surface area contributed by atoms with Gasteiger partial charge in [0.15, 0.2) is 17.4 Å². The number of rotatable bonds is 2. The zero-order valence-corrected chi connectivity index (χ0v) is 10.9. The van der Waals surface area contributed by atoms with Gasteiger partial charge < -0.3 is 10.2 Å². The summed E-state index contributed by atoms with van der Waals surface area (Å²) in [6, 6.07) is 8.07. The minimum Gasteiger partial charge on any atom is -0.494 e. The second kappa shape index (κ2) is 4.25. The molecule has 0 aliphatic heterocycles. The number of thiophene rings is 1. The van der Waals surface area contributed by atoms with Gasteiger partial charge in [0.1, 0.15) is 0 Å². The average Bonchev–Trinajstić information content (AvgIpc) is 2.93. The van der Waals surface area contributed by atoms with Gasteiger partial charge in [-0.05, 0) is 24.3 Å². The summed E-state index contributed by atoms with van der Waals surface area (Å²) in [7, 11) is 0. The minimum atomic E-state index is -1.14. The normalized spacial score (nSPS) is 11.0. The van der Waals surface area contributed by atoms with Crippen molar-refractivity contribution in [1.29, 1.82) is 0 Å². The molecule has 3 rings (SSSR count). The number of nitrogens with zero attached hydrogens (tertiary/aromatic N) is 2. The third-order valence-electron chi connectivity index (χ3n) is 2.64.